The molecule has 1 fully saturated rings. The Morgan fingerprint density at radius 1 is 1.24 bits per heavy atom. The molecule has 2 aliphatic rings. The fraction of sp³-hybridized carbons (Fsp3) is 0.370. The van der Waals surface area contributed by atoms with Gasteiger partial charge in [-0.3, -0.25) is 14.9 Å². The van der Waals surface area contributed by atoms with Crippen LogP contribution in [0.15, 0.2) is 35.2 Å². The van der Waals surface area contributed by atoms with E-state index in [0.29, 0.717) is 24.1 Å². The van der Waals surface area contributed by atoms with Crippen molar-refractivity contribution in [3.8, 4) is 6.07 Å². The van der Waals surface area contributed by atoms with Crippen molar-refractivity contribution in [2.24, 2.45) is 0 Å². The minimum Gasteiger partial charge on any atom is -0.345 e. The highest BCUT2D eigenvalue weighted by molar-refractivity contribution is 8.01. The fourth-order valence-corrected chi connectivity index (χ4v) is 7.09. The number of rotatable bonds is 3. The molecule has 0 bridgehead atoms. The van der Waals surface area contributed by atoms with E-state index in [9.17, 15) is 14.4 Å². The normalized spacial score (nSPS) is 15.8. The third-order valence-corrected chi connectivity index (χ3v) is 9.26. The molecule has 0 saturated carbocycles. The molecule has 1 spiro atoms. The maximum absolute atomic E-state index is 12.4. The van der Waals surface area contributed by atoms with E-state index in [4.69, 9.17) is 5.26 Å². The molecule has 192 valence electrons. The van der Waals surface area contributed by atoms with E-state index in [-0.39, 0.29) is 16.6 Å². The number of anilines is 1. The number of aromatic nitrogens is 1. The standard InChI is InChI=1S/C15H14N2O2S.C12H15N3OS/c16-9-11-1-2-14-12(7-11)13(19)8-15(20-14)3-5-17(10-18)6-4-15;1-4-13-12(16)15-10-8(3)9-6-5-7(2)14-11(9)17-10/h1-2,7,10H,3-6,8H2;5-6H,4H2,1-3H3,(H2,13,15,16). The van der Waals surface area contributed by atoms with Crippen LogP contribution in [-0.4, -0.2) is 52.5 Å². The zero-order valence-corrected chi connectivity index (χ0v) is 22.7. The van der Waals surface area contributed by atoms with Crippen molar-refractivity contribution in [2.75, 3.05) is 25.0 Å². The van der Waals surface area contributed by atoms with Crippen LogP contribution in [0.2, 0.25) is 0 Å². The molecule has 10 heteroatoms. The van der Waals surface area contributed by atoms with Gasteiger partial charge in [-0.05, 0) is 69.5 Å². The Morgan fingerprint density at radius 2 is 2.00 bits per heavy atom. The highest BCUT2D eigenvalue weighted by Gasteiger charge is 2.41. The Labute approximate surface area is 224 Å². The monoisotopic (exact) mass is 535 g/mol. The van der Waals surface area contributed by atoms with Crippen molar-refractivity contribution < 1.29 is 14.4 Å². The number of fused-ring (bicyclic) bond motifs is 2. The summed E-state index contributed by atoms with van der Waals surface area (Å²) >= 11 is 3.25. The van der Waals surface area contributed by atoms with Gasteiger partial charge in [-0.15, -0.1) is 11.8 Å². The lowest BCUT2D eigenvalue weighted by Crippen LogP contribution is -2.44. The van der Waals surface area contributed by atoms with Crippen LogP contribution >= 0.6 is 23.1 Å². The lowest BCUT2D eigenvalue weighted by molar-refractivity contribution is -0.119. The minimum atomic E-state index is -0.168. The molecule has 3 amide bonds. The molecular weight excluding hydrogens is 506 g/mol. The number of hydrogen-bond acceptors (Lipinski definition) is 7. The molecule has 2 N–H and O–H groups in total. The Hall–Kier alpha value is -3.42. The average Bonchev–Trinajstić information content (AvgIpc) is 3.18. The number of hydrogen-bond donors (Lipinski definition) is 2. The number of benzene rings is 1. The van der Waals surface area contributed by atoms with Gasteiger partial charge in [-0.1, -0.05) is 11.3 Å². The van der Waals surface area contributed by atoms with Crippen LogP contribution < -0.4 is 10.6 Å². The van der Waals surface area contributed by atoms with E-state index in [0.717, 1.165) is 63.7 Å². The van der Waals surface area contributed by atoms with Gasteiger partial charge in [0, 0.05) is 52.3 Å². The summed E-state index contributed by atoms with van der Waals surface area (Å²) in [6, 6.07) is 11.3. The van der Waals surface area contributed by atoms with Crippen molar-refractivity contribution >= 4 is 56.5 Å². The van der Waals surface area contributed by atoms with Crippen molar-refractivity contribution in [2.45, 2.75) is 49.7 Å². The third kappa shape index (κ3) is 5.95. The second kappa shape index (κ2) is 11.3. The molecule has 2 aromatic heterocycles. The molecular formula is C27H29N5O3S2. The zero-order valence-electron chi connectivity index (χ0n) is 21.1. The van der Waals surface area contributed by atoms with E-state index in [1.54, 1.807) is 28.8 Å². The van der Waals surface area contributed by atoms with Gasteiger partial charge in [0.2, 0.25) is 6.41 Å². The zero-order chi connectivity index (χ0) is 26.6. The van der Waals surface area contributed by atoms with Crippen molar-refractivity contribution in [3.05, 3.63) is 52.7 Å². The Morgan fingerprint density at radius 3 is 2.68 bits per heavy atom. The Balaban J connectivity index is 0.000000176. The summed E-state index contributed by atoms with van der Waals surface area (Å²) in [6.45, 7) is 7.91. The summed E-state index contributed by atoms with van der Waals surface area (Å²) in [4.78, 5) is 42.8. The molecule has 0 unspecified atom stereocenters. The van der Waals surface area contributed by atoms with Crippen molar-refractivity contribution in [3.63, 3.8) is 0 Å². The lowest BCUT2D eigenvalue weighted by Gasteiger charge is -2.42. The summed E-state index contributed by atoms with van der Waals surface area (Å²) in [7, 11) is 0. The molecule has 0 radical (unpaired) electrons. The summed E-state index contributed by atoms with van der Waals surface area (Å²) < 4.78 is -0.0717. The predicted molar refractivity (Wildman–Crippen MR) is 147 cm³/mol. The number of amides is 3. The predicted octanol–water partition coefficient (Wildman–Crippen LogP) is 5.28. The minimum absolute atomic E-state index is 0.0717. The number of carbonyl (C=O) groups excluding carboxylic acids is 3. The Bertz CT molecular complexity index is 1390. The highest BCUT2D eigenvalue weighted by Crippen LogP contribution is 2.48. The van der Waals surface area contributed by atoms with E-state index < -0.39 is 0 Å². The molecule has 5 rings (SSSR count). The number of piperidine rings is 1. The summed E-state index contributed by atoms with van der Waals surface area (Å²) in [6.07, 6.45) is 3.09. The number of urea groups is 1. The quantitative estimate of drug-likeness (QED) is 0.441. The number of Topliss-reactive ketones (excluding diaryl/α,β-unsaturated/α-hetero) is 1. The number of nitrogens with zero attached hydrogens (tertiary/aromatic N) is 3. The van der Waals surface area contributed by atoms with Gasteiger partial charge in [0.25, 0.3) is 0 Å². The van der Waals surface area contributed by atoms with Gasteiger partial charge in [0.05, 0.1) is 11.6 Å². The lowest BCUT2D eigenvalue weighted by atomic mass is 9.88. The van der Waals surface area contributed by atoms with E-state index in [2.05, 4.69) is 21.7 Å². The van der Waals surface area contributed by atoms with Crippen LogP contribution in [0.1, 0.15) is 53.4 Å². The molecule has 0 atom stereocenters. The van der Waals surface area contributed by atoms with E-state index in [1.165, 1.54) is 11.3 Å². The van der Waals surface area contributed by atoms with Crippen molar-refractivity contribution in [1.29, 1.82) is 5.26 Å². The number of likely N-dealkylation sites (tertiary alicyclic amines) is 1. The van der Waals surface area contributed by atoms with Crippen LogP contribution in [0.5, 0.6) is 0 Å². The number of aryl methyl sites for hydroxylation is 2. The van der Waals surface area contributed by atoms with Gasteiger partial charge in [-0.2, -0.15) is 5.26 Å². The summed E-state index contributed by atoms with van der Waals surface area (Å²) in [5, 5.41) is 16.4. The second-order valence-electron chi connectivity index (χ2n) is 9.20. The molecule has 8 nitrogen and oxygen atoms in total. The average molecular weight is 536 g/mol. The maximum atomic E-state index is 12.4. The SMILES string of the molecule is CCNC(=O)Nc1sc2nc(C)ccc2c1C.N#Cc1ccc2c(c1)C(=O)CC1(CCN(C=O)CC1)S2. The topological polar surface area (TPSA) is 115 Å². The van der Waals surface area contributed by atoms with Gasteiger partial charge < -0.3 is 10.2 Å². The van der Waals surface area contributed by atoms with Crippen LogP contribution in [0.25, 0.3) is 10.2 Å². The second-order valence-corrected chi connectivity index (χ2v) is 11.7. The maximum Gasteiger partial charge on any atom is 0.319 e. The first-order valence-electron chi connectivity index (χ1n) is 12.1. The number of thiophene rings is 1. The number of thioether (sulfide) groups is 1. The largest absolute Gasteiger partial charge is 0.345 e. The van der Waals surface area contributed by atoms with Crippen LogP contribution in [-0.2, 0) is 4.79 Å². The van der Waals surface area contributed by atoms with Gasteiger partial charge in [-0.25, -0.2) is 9.78 Å². The first kappa shape index (κ1) is 26.6. The third-order valence-electron chi connectivity index (χ3n) is 6.58. The highest BCUT2D eigenvalue weighted by atomic mass is 32.2. The first-order chi connectivity index (χ1) is 17.8. The number of nitrogens with one attached hydrogen (secondary N) is 2. The first-order valence-corrected chi connectivity index (χ1v) is 13.8. The molecule has 1 saturated heterocycles. The Kier molecular flexibility index (Phi) is 8.15. The number of nitriles is 1. The van der Waals surface area contributed by atoms with E-state index in [1.807, 2.05) is 39.0 Å². The van der Waals surface area contributed by atoms with E-state index >= 15 is 0 Å². The smallest absolute Gasteiger partial charge is 0.319 e. The molecule has 37 heavy (non-hydrogen) atoms. The van der Waals surface area contributed by atoms with Crippen LogP contribution in [0, 0.1) is 25.2 Å². The molecule has 2 aliphatic heterocycles. The number of ketones is 1. The van der Waals surface area contributed by atoms with Crippen molar-refractivity contribution in [1.82, 2.24) is 15.2 Å². The van der Waals surface area contributed by atoms with Crippen LogP contribution in [0.4, 0.5) is 9.80 Å². The molecule has 4 heterocycles. The van der Waals surface area contributed by atoms with Gasteiger partial charge >= 0.3 is 6.03 Å². The fourth-order valence-electron chi connectivity index (χ4n) is 4.50. The number of pyridine rings is 1. The van der Waals surface area contributed by atoms with Gasteiger partial charge in [0.15, 0.2) is 5.78 Å². The van der Waals surface area contributed by atoms with Crippen LogP contribution in [0.3, 0.4) is 0 Å². The van der Waals surface area contributed by atoms with Gasteiger partial charge in [0.1, 0.15) is 9.83 Å². The number of carbonyl (C=O) groups is 3. The molecule has 1 aromatic carbocycles. The summed E-state index contributed by atoms with van der Waals surface area (Å²) in [5.41, 5.74) is 3.27. The molecule has 0 aliphatic carbocycles. The summed E-state index contributed by atoms with van der Waals surface area (Å²) in [5.74, 6) is 0.121. The molecule has 3 aromatic rings.